The van der Waals surface area contributed by atoms with E-state index in [9.17, 15) is 21.6 Å². The average Bonchev–Trinajstić information content (AvgIpc) is 2.79. The van der Waals surface area contributed by atoms with Gasteiger partial charge in [-0.3, -0.25) is 0 Å². The topological polar surface area (TPSA) is 52.6 Å². The van der Waals surface area contributed by atoms with Crippen LogP contribution in [-0.4, -0.2) is 21.0 Å². The van der Waals surface area contributed by atoms with Crippen molar-refractivity contribution in [1.29, 1.82) is 0 Å². The lowest BCUT2D eigenvalue weighted by Crippen LogP contribution is -2.25. The third kappa shape index (κ3) is 4.49. The van der Waals surface area contributed by atoms with Crippen molar-refractivity contribution in [1.82, 2.24) is 0 Å². The van der Waals surface area contributed by atoms with Gasteiger partial charge in [0.1, 0.15) is 5.75 Å². The van der Waals surface area contributed by atoms with Crippen LogP contribution in [0.25, 0.3) is 11.3 Å². The SMILES string of the molecule is COc1ccc2c(c1)CCCC(c1ccc(Cl)cc1Cl)=C2OS(=O)(=O)C(F)(F)F. The summed E-state index contributed by atoms with van der Waals surface area (Å²) >= 11 is 12.2. The molecule has 156 valence electrons. The first-order valence-electron chi connectivity index (χ1n) is 8.40. The number of hydrogen-bond acceptors (Lipinski definition) is 4. The van der Waals surface area contributed by atoms with Gasteiger partial charge < -0.3 is 8.92 Å². The summed E-state index contributed by atoms with van der Waals surface area (Å²) in [5.74, 6) is 0.0939. The van der Waals surface area contributed by atoms with Crippen LogP contribution in [0.2, 0.25) is 10.0 Å². The summed E-state index contributed by atoms with van der Waals surface area (Å²) in [5, 5.41) is 0.512. The van der Waals surface area contributed by atoms with E-state index in [2.05, 4.69) is 4.18 Å². The average molecular weight is 467 g/mol. The van der Waals surface area contributed by atoms with E-state index in [1.807, 2.05) is 0 Å². The van der Waals surface area contributed by atoms with Gasteiger partial charge in [0.2, 0.25) is 0 Å². The number of ether oxygens (including phenoxy) is 1. The summed E-state index contributed by atoms with van der Waals surface area (Å²) in [5.41, 5.74) is -4.13. The molecule has 10 heteroatoms. The van der Waals surface area contributed by atoms with E-state index in [-0.39, 0.29) is 22.6 Å². The van der Waals surface area contributed by atoms with Gasteiger partial charge in [0.25, 0.3) is 0 Å². The third-order valence-corrected chi connectivity index (χ3v) is 5.94. The Labute approximate surface area is 176 Å². The number of hydrogen-bond donors (Lipinski definition) is 0. The van der Waals surface area contributed by atoms with Gasteiger partial charge in [-0.1, -0.05) is 29.3 Å². The molecule has 0 spiro atoms. The van der Waals surface area contributed by atoms with Gasteiger partial charge >= 0.3 is 15.6 Å². The highest BCUT2D eigenvalue weighted by Crippen LogP contribution is 2.42. The predicted octanol–water partition coefficient (Wildman–Crippen LogP) is 6.07. The van der Waals surface area contributed by atoms with Crippen LogP contribution in [0.4, 0.5) is 13.2 Å². The fraction of sp³-hybridized carbons (Fsp3) is 0.263. The number of fused-ring (bicyclic) bond motifs is 1. The summed E-state index contributed by atoms with van der Waals surface area (Å²) in [7, 11) is -4.44. The summed E-state index contributed by atoms with van der Waals surface area (Å²) in [6.45, 7) is 0. The zero-order chi connectivity index (χ0) is 21.4. The van der Waals surface area contributed by atoms with Crippen LogP contribution in [-0.2, 0) is 20.7 Å². The number of benzene rings is 2. The monoisotopic (exact) mass is 466 g/mol. The fourth-order valence-electron chi connectivity index (χ4n) is 3.10. The number of methoxy groups -OCH3 is 1. The summed E-state index contributed by atoms with van der Waals surface area (Å²) in [4.78, 5) is 0. The van der Waals surface area contributed by atoms with Gasteiger partial charge in [0, 0.05) is 26.7 Å². The minimum absolute atomic E-state index is 0.176. The maximum absolute atomic E-state index is 13.0. The Balaban J connectivity index is 2.28. The van der Waals surface area contributed by atoms with Crippen LogP contribution in [0.15, 0.2) is 36.4 Å². The second-order valence-corrected chi connectivity index (χ2v) is 8.67. The first kappa shape index (κ1) is 21.8. The van der Waals surface area contributed by atoms with Crippen LogP contribution in [0.1, 0.15) is 29.5 Å². The first-order chi connectivity index (χ1) is 13.5. The molecule has 2 aromatic rings. The molecule has 0 bridgehead atoms. The molecule has 1 aliphatic rings. The molecule has 0 saturated carbocycles. The normalized spacial score (nSPS) is 15.0. The second kappa shape index (κ2) is 8.08. The zero-order valence-corrected chi connectivity index (χ0v) is 17.3. The van der Waals surface area contributed by atoms with Gasteiger partial charge in [-0.15, -0.1) is 0 Å². The van der Waals surface area contributed by atoms with Crippen LogP contribution in [0.3, 0.4) is 0 Å². The van der Waals surface area contributed by atoms with E-state index < -0.39 is 21.4 Å². The minimum Gasteiger partial charge on any atom is -0.497 e. The van der Waals surface area contributed by atoms with E-state index >= 15 is 0 Å². The second-order valence-electron chi connectivity index (χ2n) is 6.29. The van der Waals surface area contributed by atoms with Crippen molar-refractivity contribution in [3.05, 3.63) is 63.1 Å². The van der Waals surface area contributed by atoms with E-state index in [1.54, 1.807) is 6.07 Å². The first-order valence-corrected chi connectivity index (χ1v) is 10.6. The smallest absolute Gasteiger partial charge is 0.497 e. The van der Waals surface area contributed by atoms with E-state index in [4.69, 9.17) is 27.9 Å². The van der Waals surface area contributed by atoms with Crippen molar-refractivity contribution in [2.24, 2.45) is 0 Å². The van der Waals surface area contributed by atoms with Crippen molar-refractivity contribution in [2.45, 2.75) is 24.8 Å². The Morgan fingerprint density at radius 2 is 1.69 bits per heavy atom. The predicted molar refractivity (Wildman–Crippen MR) is 105 cm³/mol. The molecule has 0 unspecified atom stereocenters. The molecule has 0 fully saturated rings. The van der Waals surface area contributed by atoms with E-state index in [0.717, 1.165) is 0 Å². The standard InChI is InChI=1S/C19H15Cl2F3O4S/c1-27-13-6-8-14-11(9-13)3-2-4-16(15-7-5-12(20)10-17(15)21)18(14)28-29(25,26)19(22,23)24/h5-10H,2-4H2,1H3. The maximum atomic E-state index is 13.0. The molecule has 1 aliphatic carbocycles. The number of aryl methyl sites for hydroxylation is 1. The summed E-state index contributed by atoms with van der Waals surface area (Å²) in [6, 6.07) is 9.12. The molecule has 0 amide bonds. The Hall–Kier alpha value is -1.90. The molecule has 0 N–H and O–H groups in total. The van der Waals surface area contributed by atoms with Crippen LogP contribution < -0.4 is 4.74 Å². The molecule has 4 nitrogen and oxygen atoms in total. The fourth-order valence-corrected chi connectivity index (χ4v) is 4.13. The molecule has 0 radical (unpaired) electrons. The number of halogens is 5. The lowest BCUT2D eigenvalue weighted by atomic mass is 9.98. The number of alkyl halides is 3. The highest BCUT2D eigenvalue weighted by molar-refractivity contribution is 7.87. The van der Waals surface area contributed by atoms with Crippen LogP contribution in [0.5, 0.6) is 5.75 Å². The Kier molecular flexibility index (Phi) is 6.08. The molecule has 0 aliphatic heterocycles. The molecule has 0 heterocycles. The van der Waals surface area contributed by atoms with Gasteiger partial charge in [-0.2, -0.15) is 21.6 Å². The van der Waals surface area contributed by atoms with Gasteiger partial charge in [-0.25, -0.2) is 0 Å². The molecule has 3 rings (SSSR count). The lowest BCUT2D eigenvalue weighted by Gasteiger charge is -2.18. The highest BCUT2D eigenvalue weighted by Gasteiger charge is 2.49. The van der Waals surface area contributed by atoms with Gasteiger partial charge in [0.15, 0.2) is 5.76 Å². The van der Waals surface area contributed by atoms with Gasteiger partial charge in [0.05, 0.1) is 7.11 Å². The van der Waals surface area contributed by atoms with Crippen LogP contribution >= 0.6 is 23.2 Å². The van der Waals surface area contributed by atoms with E-state index in [0.29, 0.717) is 34.7 Å². The molecule has 0 atom stereocenters. The Morgan fingerprint density at radius 1 is 1.00 bits per heavy atom. The molecule has 29 heavy (non-hydrogen) atoms. The Morgan fingerprint density at radius 3 is 2.31 bits per heavy atom. The van der Waals surface area contributed by atoms with Crippen LogP contribution in [0, 0.1) is 0 Å². The van der Waals surface area contributed by atoms with Crippen molar-refractivity contribution in [3.63, 3.8) is 0 Å². The third-order valence-electron chi connectivity index (χ3n) is 4.44. The summed E-state index contributed by atoms with van der Waals surface area (Å²) < 4.78 is 72.6. The zero-order valence-electron chi connectivity index (χ0n) is 15.0. The van der Waals surface area contributed by atoms with Crippen molar-refractivity contribution in [2.75, 3.05) is 7.11 Å². The largest absolute Gasteiger partial charge is 0.534 e. The van der Waals surface area contributed by atoms with Crippen molar-refractivity contribution < 1.29 is 30.5 Å². The summed E-state index contributed by atoms with van der Waals surface area (Å²) in [6.07, 6.45) is 1.27. The molecule has 2 aromatic carbocycles. The molecular weight excluding hydrogens is 452 g/mol. The lowest BCUT2D eigenvalue weighted by molar-refractivity contribution is -0.0509. The highest BCUT2D eigenvalue weighted by atomic mass is 35.5. The van der Waals surface area contributed by atoms with Crippen molar-refractivity contribution >= 4 is 44.7 Å². The van der Waals surface area contributed by atoms with Gasteiger partial charge in [-0.05, 0) is 55.2 Å². The Bertz CT molecular complexity index is 1080. The minimum atomic E-state index is -5.89. The number of rotatable bonds is 4. The van der Waals surface area contributed by atoms with E-state index in [1.165, 1.54) is 37.4 Å². The molecule has 0 saturated heterocycles. The molecular formula is C19H15Cl2F3O4S. The maximum Gasteiger partial charge on any atom is 0.534 e. The molecule has 0 aromatic heterocycles. The van der Waals surface area contributed by atoms with Crippen molar-refractivity contribution in [3.8, 4) is 5.75 Å². The quantitative estimate of drug-likeness (QED) is 0.405. The number of allylic oxidation sites excluding steroid dienone is 1.